The molecular weight excluding hydrogens is 328 g/mol. The van der Waals surface area contributed by atoms with E-state index in [-0.39, 0.29) is 5.75 Å². The summed E-state index contributed by atoms with van der Waals surface area (Å²) < 4.78 is 1.61. The van der Waals surface area contributed by atoms with Crippen LogP contribution in [0.5, 0.6) is 5.75 Å². The molecule has 7 nitrogen and oxygen atoms in total. The number of rotatable bonds is 3. The van der Waals surface area contributed by atoms with Crippen molar-refractivity contribution in [2.24, 2.45) is 0 Å². The number of anilines is 1. The monoisotopic (exact) mass is 344 g/mol. The van der Waals surface area contributed by atoms with Crippen molar-refractivity contribution < 1.29 is 5.11 Å². The van der Waals surface area contributed by atoms with Crippen LogP contribution in [0.15, 0.2) is 24.5 Å². The Morgan fingerprint density at radius 1 is 1.33 bits per heavy atom. The molecule has 2 N–H and O–H groups in total. The molecule has 8 heteroatoms. The molecule has 3 heterocycles. The zero-order chi connectivity index (χ0) is 16.8. The van der Waals surface area contributed by atoms with Gasteiger partial charge in [-0.2, -0.15) is 4.98 Å². The molecule has 0 saturated carbocycles. The summed E-state index contributed by atoms with van der Waals surface area (Å²) in [5.74, 6) is 0.652. The molecule has 1 fully saturated rings. The molecule has 0 atom stereocenters. The van der Waals surface area contributed by atoms with Gasteiger partial charge >= 0.3 is 0 Å². The third kappa shape index (κ3) is 2.65. The molecule has 1 saturated heterocycles. The van der Waals surface area contributed by atoms with Crippen LogP contribution in [0.25, 0.3) is 16.7 Å². The lowest BCUT2D eigenvalue weighted by molar-refractivity contribution is 0.204. The molecule has 0 bridgehead atoms. The Morgan fingerprint density at radius 3 is 2.83 bits per heavy atom. The van der Waals surface area contributed by atoms with Crippen molar-refractivity contribution in [3.8, 4) is 11.4 Å². The van der Waals surface area contributed by atoms with Gasteiger partial charge in [0, 0.05) is 36.6 Å². The van der Waals surface area contributed by atoms with Gasteiger partial charge in [-0.3, -0.25) is 0 Å². The number of hydrogen-bond acceptors (Lipinski definition) is 6. The number of nitrogens with one attached hydrogen (secondary N) is 1. The van der Waals surface area contributed by atoms with Gasteiger partial charge in [-0.15, -0.1) is 5.10 Å². The van der Waals surface area contributed by atoms with Gasteiger partial charge in [0.25, 0.3) is 0 Å². The van der Waals surface area contributed by atoms with Crippen molar-refractivity contribution in [1.29, 1.82) is 0 Å². The van der Waals surface area contributed by atoms with Gasteiger partial charge in [0.1, 0.15) is 11.4 Å². The molecule has 1 aliphatic rings. The molecule has 0 unspecified atom stereocenters. The highest BCUT2D eigenvalue weighted by Crippen LogP contribution is 2.30. The molecule has 0 aliphatic carbocycles. The minimum absolute atomic E-state index is 0.0802. The van der Waals surface area contributed by atoms with Gasteiger partial charge in [0.05, 0.1) is 11.4 Å². The number of halogens is 1. The van der Waals surface area contributed by atoms with Gasteiger partial charge in [0.15, 0.2) is 5.65 Å². The maximum atomic E-state index is 10.2. The Labute approximate surface area is 143 Å². The molecule has 3 aromatic rings. The van der Waals surface area contributed by atoms with Crippen molar-refractivity contribution in [3.63, 3.8) is 0 Å². The molecule has 24 heavy (non-hydrogen) atoms. The van der Waals surface area contributed by atoms with Crippen LogP contribution in [0.4, 0.5) is 5.95 Å². The predicted octanol–water partition coefficient (Wildman–Crippen LogP) is 2.21. The number of aryl methyl sites for hydroxylation is 1. The van der Waals surface area contributed by atoms with Crippen LogP contribution >= 0.6 is 11.6 Å². The Kier molecular flexibility index (Phi) is 3.54. The number of benzene rings is 1. The number of aromatic nitrogens is 4. The normalized spacial score (nSPS) is 15.6. The van der Waals surface area contributed by atoms with E-state index in [1.807, 2.05) is 6.92 Å². The fourth-order valence-electron chi connectivity index (χ4n) is 2.99. The molecule has 2 aromatic heterocycles. The lowest BCUT2D eigenvalue weighted by Gasteiger charge is -2.36. The zero-order valence-electron chi connectivity index (χ0n) is 13.4. The van der Waals surface area contributed by atoms with E-state index in [0.29, 0.717) is 28.3 Å². The second kappa shape index (κ2) is 5.61. The van der Waals surface area contributed by atoms with E-state index >= 15 is 0 Å². The first-order valence-corrected chi connectivity index (χ1v) is 8.04. The number of aromatic hydroxyl groups is 1. The number of phenols is 1. The van der Waals surface area contributed by atoms with Crippen molar-refractivity contribution in [1.82, 2.24) is 24.6 Å². The minimum Gasteiger partial charge on any atom is -0.506 e. The lowest BCUT2D eigenvalue weighted by atomic mass is 10.1. The van der Waals surface area contributed by atoms with Crippen LogP contribution < -0.4 is 5.32 Å². The predicted molar refractivity (Wildman–Crippen MR) is 93.0 cm³/mol. The number of phenolic OH excluding ortho intramolecular Hbond substituents is 1. The Hall–Kier alpha value is -2.38. The van der Waals surface area contributed by atoms with E-state index in [9.17, 15) is 5.11 Å². The molecule has 0 amide bonds. The van der Waals surface area contributed by atoms with E-state index in [4.69, 9.17) is 11.6 Å². The van der Waals surface area contributed by atoms with Crippen molar-refractivity contribution in [2.45, 2.75) is 13.0 Å². The standard InChI is InChI=1S/C16H17ClN6O/c1-9-3-11(17)4-13(24)14(9)23-6-10-5-18-16(20-15(10)21-23)19-12-7-22(2)8-12/h3-6,12,24H,7-8H2,1-2H3,(H,19,20,21). The van der Waals surface area contributed by atoms with E-state index in [1.54, 1.807) is 23.1 Å². The SMILES string of the molecule is Cc1cc(Cl)cc(O)c1-n1cc2cnc(NC3CN(C)C3)nc2n1. The smallest absolute Gasteiger partial charge is 0.225 e. The summed E-state index contributed by atoms with van der Waals surface area (Å²) in [5.41, 5.74) is 2.00. The highest BCUT2D eigenvalue weighted by molar-refractivity contribution is 6.30. The Balaban J connectivity index is 1.68. The minimum atomic E-state index is 0.0802. The first-order valence-electron chi connectivity index (χ1n) is 7.66. The number of fused-ring (bicyclic) bond motifs is 1. The molecule has 124 valence electrons. The van der Waals surface area contributed by atoms with Gasteiger partial charge in [-0.05, 0) is 25.6 Å². The van der Waals surface area contributed by atoms with Crippen molar-refractivity contribution in [2.75, 3.05) is 25.5 Å². The van der Waals surface area contributed by atoms with E-state index < -0.39 is 0 Å². The number of hydrogen-bond donors (Lipinski definition) is 2. The average Bonchev–Trinajstić information content (AvgIpc) is 2.87. The van der Waals surface area contributed by atoms with Crippen LogP contribution in [0.1, 0.15) is 5.56 Å². The average molecular weight is 345 g/mol. The van der Waals surface area contributed by atoms with Crippen LogP contribution in [0, 0.1) is 6.92 Å². The largest absolute Gasteiger partial charge is 0.506 e. The summed E-state index contributed by atoms with van der Waals surface area (Å²) in [7, 11) is 2.07. The Bertz CT molecular complexity index is 895. The maximum absolute atomic E-state index is 10.2. The van der Waals surface area contributed by atoms with Gasteiger partial charge in [-0.25, -0.2) is 9.67 Å². The highest BCUT2D eigenvalue weighted by Gasteiger charge is 2.23. The van der Waals surface area contributed by atoms with Crippen LogP contribution in [-0.4, -0.2) is 55.9 Å². The molecule has 1 aromatic carbocycles. The summed E-state index contributed by atoms with van der Waals surface area (Å²) in [6.07, 6.45) is 3.53. The summed E-state index contributed by atoms with van der Waals surface area (Å²) >= 11 is 5.96. The fraction of sp³-hybridized carbons (Fsp3) is 0.312. The molecule has 4 rings (SSSR count). The second-order valence-electron chi connectivity index (χ2n) is 6.20. The number of likely N-dealkylation sites (tertiary alicyclic amines) is 1. The number of nitrogens with zero attached hydrogens (tertiary/aromatic N) is 5. The van der Waals surface area contributed by atoms with E-state index in [0.717, 1.165) is 24.0 Å². The summed E-state index contributed by atoms with van der Waals surface area (Å²) in [6, 6.07) is 3.66. The van der Waals surface area contributed by atoms with Crippen molar-refractivity contribution >= 4 is 28.6 Å². The summed E-state index contributed by atoms with van der Waals surface area (Å²) in [4.78, 5) is 11.0. The fourth-order valence-corrected chi connectivity index (χ4v) is 3.26. The van der Waals surface area contributed by atoms with E-state index in [1.165, 1.54) is 6.07 Å². The highest BCUT2D eigenvalue weighted by atomic mass is 35.5. The lowest BCUT2D eigenvalue weighted by Crippen LogP contribution is -2.52. The first-order chi connectivity index (χ1) is 11.5. The zero-order valence-corrected chi connectivity index (χ0v) is 14.1. The Morgan fingerprint density at radius 2 is 2.12 bits per heavy atom. The summed E-state index contributed by atoms with van der Waals surface area (Å²) in [5, 5.41) is 19.3. The van der Waals surface area contributed by atoms with Gasteiger partial charge in [0.2, 0.25) is 5.95 Å². The topological polar surface area (TPSA) is 79.1 Å². The van der Waals surface area contributed by atoms with Crippen LogP contribution in [0.2, 0.25) is 5.02 Å². The quantitative estimate of drug-likeness (QED) is 0.758. The van der Waals surface area contributed by atoms with Gasteiger partial charge in [-0.1, -0.05) is 11.6 Å². The van der Waals surface area contributed by atoms with E-state index in [2.05, 4.69) is 32.3 Å². The first kappa shape index (κ1) is 15.2. The maximum Gasteiger partial charge on any atom is 0.225 e. The third-order valence-electron chi connectivity index (χ3n) is 4.13. The van der Waals surface area contributed by atoms with Crippen LogP contribution in [-0.2, 0) is 0 Å². The molecule has 0 spiro atoms. The second-order valence-corrected chi connectivity index (χ2v) is 6.64. The van der Waals surface area contributed by atoms with Crippen LogP contribution in [0.3, 0.4) is 0 Å². The third-order valence-corrected chi connectivity index (χ3v) is 4.35. The van der Waals surface area contributed by atoms with Crippen molar-refractivity contribution in [3.05, 3.63) is 35.1 Å². The molecule has 1 aliphatic heterocycles. The number of likely N-dealkylation sites (N-methyl/N-ethyl adjacent to an activating group) is 1. The molecular formula is C16H17ClN6O. The summed E-state index contributed by atoms with van der Waals surface area (Å²) in [6.45, 7) is 3.83. The van der Waals surface area contributed by atoms with Gasteiger partial charge < -0.3 is 15.3 Å². The molecule has 0 radical (unpaired) electrons.